The summed E-state index contributed by atoms with van der Waals surface area (Å²) >= 11 is 11.7. The van der Waals surface area contributed by atoms with E-state index in [9.17, 15) is 9.18 Å². The van der Waals surface area contributed by atoms with Crippen LogP contribution in [0.5, 0.6) is 0 Å². The predicted octanol–water partition coefficient (Wildman–Crippen LogP) is 4.45. The van der Waals surface area contributed by atoms with E-state index < -0.39 is 6.03 Å². The van der Waals surface area contributed by atoms with Crippen molar-refractivity contribution in [2.75, 3.05) is 5.32 Å². The fourth-order valence-electron chi connectivity index (χ4n) is 1.58. The van der Waals surface area contributed by atoms with Crippen LogP contribution >= 0.6 is 23.2 Å². The molecule has 2 aromatic rings. The molecule has 0 aliphatic heterocycles. The van der Waals surface area contributed by atoms with Gasteiger partial charge < -0.3 is 10.6 Å². The Hall–Kier alpha value is -1.78. The van der Waals surface area contributed by atoms with Crippen molar-refractivity contribution in [3.63, 3.8) is 0 Å². The van der Waals surface area contributed by atoms with Crippen molar-refractivity contribution < 1.29 is 9.18 Å². The molecule has 6 heteroatoms. The molecule has 104 valence electrons. The SMILES string of the molecule is O=C(NCc1ccccc1F)Nc1cc(Cl)ccc1Cl. The Bertz CT molecular complexity index is 634. The van der Waals surface area contributed by atoms with Crippen molar-refractivity contribution in [1.29, 1.82) is 0 Å². The summed E-state index contributed by atoms with van der Waals surface area (Å²) in [5.74, 6) is -0.367. The zero-order chi connectivity index (χ0) is 14.5. The first kappa shape index (κ1) is 14.6. The van der Waals surface area contributed by atoms with Gasteiger partial charge in [0.1, 0.15) is 5.82 Å². The van der Waals surface area contributed by atoms with Gasteiger partial charge in [-0.2, -0.15) is 0 Å². The third kappa shape index (κ3) is 3.85. The summed E-state index contributed by atoms with van der Waals surface area (Å²) in [5.41, 5.74) is 0.796. The molecule has 0 spiro atoms. The van der Waals surface area contributed by atoms with Gasteiger partial charge in [0.05, 0.1) is 10.7 Å². The molecule has 0 aliphatic carbocycles. The maximum atomic E-state index is 13.4. The molecule has 20 heavy (non-hydrogen) atoms. The number of amides is 2. The highest BCUT2D eigenvalue weighted by Gasteiger charge is 2.07. The van der Waals surface area contributed by atoms with Crippen LogP contribution in [-0.2, 0) is 6.54 Å². The molecule has 0 heterocycles. The van der Waals surface area contributed by atoms with Crippen LogP contribution in [0.1, 0.15) is 5.56 Å². The van der Waals surface area contributed by atoms with Crippen LogP contribution in [0, 0.1) is 5.82 Å². The number of halogens is 3. The van der Waals surface area contributed by atoms with E-state index in [1.807, 2.05) is 0 Å². The molecule has 0 fully saturated rings. The Morgan fingerprint density at radius 1 is 1.15 bits per heavy atom. The Morgan fingerprint density at radius 2 is 1.90 bits per heavy atom. The topological polar surface area (TPSA) is 41.1 Å². The number of carbonyl (C=O) groups excluding carboxylic acids is 1. The summed E-state index contributed by atoms with van der Waals surface area (Å²) < 4.78 is 13.4. The normalized spacial score (nSPS) is 10.2. The van der Waals surface area contributed by atoms with Crippen LogP contribution < -0.4 is 10.6 Å². The van der Waals surface area contributed by atoms with Crippen molar-refractivity contribution in [2.24, 2.45) is 0 Å². The van der Waals surface area contributed by atoms with Crippen LogP contribution in [0.3, 0.4) is 0 Å². The first-order chi connectivity index (χ1) is 9.56. The predicted molar refractivity (Wildman–Crippen MR) is 78.7 cm³/mol. The second-order valence-electron chi connectivity index (χ2n) is 4.02. The van der Waals surface area contributed by atoms with Crippen LogP contribution in [0.4, 0.5) is 14.9 Å². The van der Waals surface area contributed by atoms with Gasteiger partial charge in [-0.3, -0.25) is 0 Å². The van der Waals surface area contributed by atoms with E-state index in [4.69, 9.17) is 23.2 Å². The lowest BCUT2D eigenvalue weighted by atomic mass is 10.2. The molecule has 0 aliphatic rings. The van der Waals surface area contributed by atoms with Gasteiger partial charge in [0.15, 0.2) is 0 Å². The smallest absolute Gasteiger partial charge is 0.319 e. The monoisotopic (exact) mass is 312 g/mol. The zero-order valence-corrected chi connectivity index (χ0v) is 11.8. The van der Waals surface area contributed by atoms with E-state index in [1.54, 1.807) is 30.3 Å². The standard InChI is InChI=1S/C14H11Cl2FN2O/c15-10-5-6-11(16)13(7-10)19-14(20)18-8-9-3-1-2-4-12(9)17/h1-7H,8H2,(H2,18,19,20). The van der Waals surface area contributed by atoms with Crippen LogP contribution in [0.2, 0.25) is 10.0 Å². The first-order valence-corrected chi connectivity index (χ1v) is 6.55. The Balaban J connectivity index is 1.96. The molecule has 2 amide bonds. The van der Waals surface area contributed by atoms with Crippen molar-refractivity contribution in [1.82, 2.24) is 5.32 Å². The molecule has 0 atom stereocenters. The summed E-state index contributed by atoms with van der Waals surface area (Å²) in [4.78, 5) is 11.7. The van der Waals surface area contributed by atoms with E-state index in [0.717, 1.165) is 0 Å². The van der Waals surface area contributed by atoms with Gasteiger partial charge >= 0.3 is 6.03 Å². The van der Waals surface area contributed by atoms with Crippen molar-refractivity contribution >= 4 is 34.9 Å². The maximum absolute atomic E-state index is 13.4. The van der Waals surface area contributed by atoms with Crippen molar-refractivity contribution in [3.05, 3.63) is 63.9 Å². The van der Waals surface area contributed by atoms with Gasteiger partial charge in [-0.1, -0.05) is 41.4 Å². The van der Waals surface area contributed by atoms with Gasteiger partial charge in [0.2, 0.25) is 0 Å². The molecule has 0 radical (unpaired) electrons. The Labute approximate surface area is 125 Å². The molecule has 0 aromatic heterocycles. The fraction of sp³-hybridized carbons (Fsp3) is 0.0714. The highest BCUT2D eigenvalue weighted by molar-refractivity contribution is 6.35. The Morgan fingerprint density at radius 3 is 2.65 bits per heavy atom. The number of hydrogen-bond acceptors (Lipinski definition) is 1. The molecule has 2 N–H and O–H groups in total. The molecule has 0 bridgehead atoms. The minimum Gasteiger partial charge on any atom is -0.334 e. The lowest BCUT2D eigenvalue weighted by Gasteiger charge is -2.09. The summed E-state index contributed by atoms with van der Waals surface area (Å²) in [6, 6.07) is 10.5. The number of hydrogen-bond donors (Lipinski definition) is 2. The minimum absolute atomic E-state index is 0.0801. The third-order valence-electron chi connectivity index (χ3n) is 2.57. The molecule has 0 saturated carbocycles. The number of rotatable bonds is 3. The second-order valence-corrected chi connectivity index (χ2v) is 4.87. The van der Waals surface area contributed by atoms with Gasteiger partial charge in [0.25, 0.3) is 0 Å². The number of carbonyl (C=O) groups is 1. The van der Waals surface area contributed by atoms with Gasteiger partial charge in [-0.05, 0) is 24.3 Å². The van der Waals surface area contributed by atoms with Crippen molar-refractivity contribution in [3.8, 4) is 0 Å². The third-order valence-corrected chi connectivity index (χ3v) is 3.14. The highest BCUT2D eigenvalue weighted by atomic mass is 35.5. The largest absolute Gasteiger partial charge is 0.334 e. The van der Waals surface area contributed by atoms with Crippen LogP contribution in [-0.4, -0.2) is 6.03 Å². The molecule has 3 nitrogen and oxygen atoms in total. The van der Waals surface area contributed by atoms with Gasteiger partial charge in [0, 0.05) is 17.1 Å². The summed E-state index contributed by atoms with van der Waals surface area (Å²) in [6.45, 7) is 0.0801. The van der Waals surface area contributed by atoms with E-state index >= 15 is 0 Å². The lowest BCUT2D eigenvalue weighted by Crippen LogP contribution is -2.28. The summed E-state index contributed by atoms with van der Waals surface area (Å²) in [7, 11) is 0. The number of nitrogens with one attached hydrogen (secondary N) is 2. The summed E-state index contributed by atoms with van der Waals surface area (Å²) in [5, 5.41) is 5.92. The zero-order valence-electron chi connectivity index (χ0n) is 10.3. The first-order valence-electron chi connectivity index (χ1n) is 5.79. The van der Waals surface area contributed by atoms with E-state index in [-0.39, 0.29) is 12.4 Å². The van der Waals surface area contributed by atoms with E-state index in [0.29, 0.717) is 21.3 Å². The highest BCUT2D eigenvalue weighted by Crippen LogP contribution is 2.25. The van der Waals surface area contributed by atoms with Crippen LogP contribution in [0.25, 0.3) is 0 Å². The number of anilines is 1. The maximum Gasteiger partial charge on any atom is 0.319 e. The Kier molecular flexibility index (Phi) is 4.82. The fourth-order valence-corrected chi connectivity index (χ4v) is 1.91. The average molecular weight is 313 g/mol. The minimum atomic E-state index is -0.489. The molecule has 2 aromatic carbocycles. The summed E-state index contributed by atoms with van der Waals surface area (Å²) in [6.07, 6.45) is 0. The van der Waals surface area contributed by atoms with E-state index in [1.165, 1.54) is 12.1 Å². The molecule has 0 unspecified atom stereocenters. The van der Waals surface area contributed by atoms with Gasteiger partial charge in [-0.15, -0.1) is 0 Å². The van der Waals surface area contributed by atoms with Gasteiger partial charge in [-0.25, -0.2) is 9.18 Å². The van der Waals surface area contributed by atoms with Crippen molar-refractivity contribution in [2.45, 2.75) is 6.54 Å². The number of benzene rings is 2. The molecule has 0 saturated heterocycles. The molecular formula is C14H11Cl2FN2O. The van der Waals surface area contributed by atoms with Crippen LogP contribution in [0.15, 0.2) is 42.5 Å². The molecule has 2 rings (SSSR count). The average Bonchev–Trinajstić information content (AvgIpc) is 2.42. The lowest BCUT2D eigenvalue weighted by molar-refractivity contribution is 0.251. The quantitative estimate of drug-likeness (QED) is 0.863. The molecular weight excluding hydrogens is 302 g/mol. The second kappa shape index (κ2) is 6.59. The van der Waals surface area contributed by atoms with E-state index in [2.05, 4.69) is 10.6 Å². The number of urea groups is 1.